The zero-order valence-electron chi connectivity index (χ0n) is 10.7. The monoisotopic (exact) mass is 239 g/mol. The summed E-state index contributed by atoms with van der Waals surface area (Å²) in [5.41, 5.74) is 0. The van der Waals surface area contributed by atoms with Gasteiger partial charge in [-0.05, 0) is 20.3 Å². The highest BCUT2D eigenvalue weighted by atomic mass is 16.5. The van der Waals surface area contributed by atoms with Crippen LogP contribution in [0.2, 0.25) is 0 Å². The second kappa shape index (κ2) is 7.06. The first-order valence-corrected chi connectivity index (χ1v) is 6.05. The zero-order valence-corrected chi connectivity index (χ0v) is 10.7. The molecule has 0 radical (unpaired) electrons. The Morgan fingerprint density at radius 1 is 1.53 bits per heavy atom. The van der Waals surface area contributed by atoms with Gasteiger partial charge in [-0.3, -0.25) is 4.79 Å². The van der Waals surface area contributed by atoms with E-state index < -0.39 is 0 Å². The molecule has 0 aliphatic carbocycles. The first kappa shape index (κ1) is 13.7. The predicted octanol–water partition coefficient (Wildman–Crippen LogP) is 1.20. The third-order valence-corrected chi connectivity index (χ3v) is 2.51. The van der Waals surface area contributed by atoms with Crippen LogP contribution in [0.1, 0.15) is 27.2 Å². The normalized spacial score (nSPS) is 14.3. The molecule has 5 heteroatoms. The van der Waals surface area contributed by atoms with Crippen LogP contribution >= 0.6 is 0 Å². The first-order valence-electron chi connectivity index (χ1n) is 6.05. The Balaban J connectivity index is 2.42. The summed E-state index contributed by atoms with van der Waals surface area (Å²) in [7, 11) is 0. The van der Waals surface area contributed by atoms with Crippen molar-refractivity contribution in [2.75, 3.05) is 6.61 Å². The number of nitrogens with zero attached hydrogens (tertiary/aromatic N) is 2. The maximum atomic E-state index is 11.6. The van der Waals surface area contributed by atoms with Gasteiger partial charge in [0.15, 0.2) is 0 Å². The van der Waals surface area contributed by atoms with E-state index in [1.807, 2.05) is 31.5 Å². The summed E-state index contributed by atoms with van der Waals surface area (Å²) >= 11 is 0. The van der Waals surface area contributed by atoms with Gasteiger partial charge in [0.2, 0.25) is 0 Å². The Kier molecular flexibility index (Phi) is 5.69. The molecule has 2 atom stereocenters. The number of rotatable bonds is 7. The van der Waals surface area contributed by atoms with Gasteiger partial charge in [-0.2, -0.15) is 0 Å². The molecular weight excluding hydrogens is 218 g/mol. The maximum Gasteiger partial charge on any atom is 0.323 e. The van der Waals surface area contributed by atoms with Crippen molar-refractivity contribution < 1.29 is 9.53 Å². The second-order valence-corrected chi connectivity index (χ2v) is 4.04. The molecule has 17 heavy (non-hydrogen) atoms. The molecule has 96 valence electrons. The lowest BCUT2D eigenvalue weighted by Gasteiger charge is -2.21. The SMILES string of the molecule is CCOC(=O)C(CC)NC(C)Cn1ccnc1. The molecule has 0 aliphatic heterocycles. The van der Waals surface area contributed by atoms with E-state index in [-0.39, 0.29) is 18.1 Å². The summed E-state index contributed by atoms with van der Waals surface area (Å²) < 4.78 is 6.99. The van der Waals surface area contributed by atoms with Crippen molar-refractivity contribution in [3.8, 4) is 0 Å². The van der Waals surface area contributed by atoms with Crippen LogP contribution in [0.15, 0.2) is 18.7 Å². The quantitative estimate of drug-likeness (QED) is 0.726. The van der Waals surface area contributed by atoms with Gasteiger partial charge in [0.05, 0.1) is 12.9 Å². The molecule has 0 bridgehead atoms. The van der Waals surface area contributed by atoms with Gasteiger partial charge in [0.25, 0.3) is 0 Å². The summed E-state index contributed by atoms with van der Waals surface area (Å²) in [5.74, 6) is -0.174. The summed E-state index contributed by atoms with van der Waals surface area (Å²) in [5, 5.41) is 3.27. The molecule has 5 nitrogen and oxygen atoms in total. The van der Waals surface area contributed by atoms with Crippen LogP contribution in [0.5, 0.6) is 0 Å². The van der Waals surface area contributed by atoms with Gasteiger partial charge in [-0.15, -0.1) is 0 Å². The number of carbonyl (C=O) groups excluding carboxylic acids is 1. The van der Waals surface area contributed by atoms with Crippen molar-refractivity contribution in [2.24, 2.45) is 0 Å². The van der Waals surface area contributed by atoms with Gasteiger partial charge in [0.1, 0.15) is 6.04 Å². The molecule has 1 rings (SSSR count). The summed E-state index contributed by atoms with van der Waals surface area (Å²) in [4.78, 5) is 15.6. The Morgan fingerprint density at radius 2 is 2.29 bits per heavy atom. The van der Waals surface area contributed by atoms with E-state index in [2.05, 4.69) is 10.3 Å². The lowest BCUT2D eigenvalue weighted by molar-refractivity contribution is -0.146. The van der Waals surface area contributed by atoms with Crippen LogP contribution in [0.25, 0.3) is 0 Å². The van der Waals surface area contributed by atoms with Crippen molar-refractivity contribution in [3.63, 3.8) is 0 Å². The number of nitrogens with one attached hydrogen (secondary N) is 1. The summed E-state index contributed by atoms with van der Waals surface area (Å²) in [6, 6.07) is -0.0352. The molecule has 0 saturated heterocycles. The molecule has 2 unspecified atom stereocenters. The van der Waals surface area contributed by atoms with E-state index in [4.69, 9.17) is 4.74 Å². The third kappa shape index (κ3) is 4.56. The number of imidazole rings is 1. The van der Waals surface area contributed by atoms with Gasteiger partial charge in [0, 0.05) is 25.0 Å². The minimum atomic E-state index is -0.228. The molecule has 1 heterocycles. The zero-order chi connectivity index (χ0) is 12.7. The van der Waals surface area contributed by atoms with Crippen molar-refractivity contribution in [1.29, 1.82) is 0 Å². The Hall–Kier alpha value is -1.36. The van der Waals surface area contributed by atoms with E-state index in [1.54, 1.807) is 12.5 Å². The van der Waals surface area contributed by atoms with E-state index >= 15 is 0 Å². The summed E-state index contributed by atoms with van der Waals surface area (Å²) in [6.07, 6.45) is 6.15. The van der Waals surface area contributed by atoms with Crippen LogP contribution in [-0.2, 0) is 16.1 Å². The fourth-order valence-corrected chi connectivity index (χ4v) is 1.70. The van der Waals surface area contributed by atoms with Crippen LogP contribution in [0.4, 0.5) is 0 Å². The lowest BCUT2D eigenvalue weighted by atomic mass is 10.2. The number of carbonyl (C=O) groups is 1. The van der Waals surface area contributed by atoms with Crippen LogP contribution in [-0.4, -0.2) is 34.2 Å². The minimum Gasteiger partial charge on any atom is -0.465 e. The van der Waals surface area contributed by atoms with E-state index in [0.717, 1.165) is 13.0 Å². The maximum absolute atomic E-state index is 11.6. The smallest absolute Gasteiger partial charge is 0.323 e. The molecule has 0 saturated carbocycles. The van der Waals surface area contributed by atoms with Gasteiger partial charge < -0.3 is 14.6 Å². The summed E-state index contributed by atoms with van der Waals surface area (Å²) in [6.45, 7) is 7.04. The van der Waals surface area contributed by atoms with Crippen LogP contribution in [0.3, 0.4) is 0 Å². The fourth-order valence-electron chi connectivity index (χ4n) is 1.70. The number of ether oxygens (including phenoxy) is 1. The Bertz CT molecular complexity index is 325. The molecule has 0 aliphatic rings. The minimum absolute atomic E-state index is 0.174. The van der Waals surface area contributed by atoms with Crippen molar-refractivity contribution in [3.05, 3.63) is 18.7 Å². The van der Waals surface area contributed by atoms with Crippen LogP contribution in [0, 0.1) is 0 Å². The Morgan fingerprint density at radius 3 is 2.82 bits per heavy atom. The average molecular weight is 239 g/mol. The van der Waals surface area contributed by atoms with Crippen molar-refractivity contribution in [1.82, 2.24) is 14.9 Å². The number of hydrogen-bond donors (Lipinski definition) is 1. The van der Waals surface area contributed by atoms with Crippen LogP contribution < -0.4 is 5.32 Å². The molecule has 1 N–H and O–H groups in total. The predicted molar refractivity (Wildman–Crippen MR) is 65.5 cm³/mol. The topological polar surface area (TPSA) is 56.1 Å². The fraction of sp³-hybridized carbons (Fsp3) is 0.667. The third-order valence-electron chi connectivity index (χ3n) is 2.51. The largest absolute Gasteiger partial charge is 0.465 e. The van der Waals surface area contributed by atoms with Gasteiger partial charge in [-0.25, -0.2) is 4.98 Å². The van der Waals surface area contributed by atoms with Gasteiger partial charge in [-0.1, -0.05) is 6.92 Å². The lowest BCUT2D eigenvalue weighted by Crippen LogP contribution is -2.44. The number of esters is 1. The molecular formula is C12H21N3O2. The molecule has 1 aromatic rings. The average Bonchev–Trinajstić information content (AvgIpc) is 2.78. The molecule has 0 aromatic carbocycles. The van der Waals surface area contributed by atoms with E-state index in [0.29, 0.717) is 6.61 Å². The molecule has 0 amide bonds. The molecule has 0 fully saturated rings. The van der Waals surface area contributed by atoms with E-state index in [9.17, 15) is 4.79 Å². The molecule has 1 aromatic heterocycles. The standard InChI is InChI=1S/C12H21N3O2/c1-4-11(12(16)17-5-2)14-10(3)8-15-7-6-13-9-15/h6-7,9-11,14H,4-5,8H2,1-3H3. The molecule has 0 spiro atoms. The van der Waals surface area contributed by atoms with E-state index in [1.165, 1.54) is 0 Å². The Labute approximate surface area is 102 Å². The highest BCUT2D eigenvalue weighted by Crippen LogP contribution is 1.99. The van der Waals surface area contributed by atoms with Crippen molar-refractivity contribution >= 4 is 5.97 Å². The second-order valence-electron chi connectivity index (χ2n) is 4.04. The first-order chi connectivity index (χ1) is 8.17. The number of hydrogen-bond acceptors (Lipinski definition) is 4. The highest BCUT2D eigenvalue weighted by molar-refractivity contribution is 5.75. The number of aromatic nitrogens is 2. The van der Waals surface area contributed by atoms with Gasteiger partial charge >= 0.3 is 5.97 Å². The van der Waals surface area contributed by atoms with Crippen molar-refractivity contribution in [2.45, 2.75) is 45.8 Å². The highest BCUT2D eigenvalue weighted by Gasteiger charge is 2.19.